The smallest absolute Gasteiger partial charge is 0.263 e. The normalized spacial score (nSPS) is 23.4. The summed E-state index contributed by atoms with van der Waals surface area (Å²) in [7, 11) is 0. The quantitative estimate of drug-likeness (QED) is 0.685. The van der Waals surface area contributed by atoms with Gasteiger partial charge in [0.15, 0.2) is 0 Å². The molecule has 28 heavy (non-hydrogen) atoms. The monoisotopic (exact) mass is 434 g/mol. The van der Waals surface area contributed by atoms with Crippen LogP contribution in [0.4, 0.5) is 0 Å². The molecule has 3 heterocycles. The van der Waals surface area contributed by atoms with Gasteiger partial charge in [0.05, 0.1) is 10.1 Å². The van der Waals surface area contributed by atoms with E-state index in [4.69, 9.17) is 11.6 Å². The SMILES string of the molecule is CC1SC(c2ccccc2Cl)N(CC2CCN(C(=O)c3cccs3)CC2)C1=O. The Kier molecular flexibility index (Phi) is 5.99. The van der Waals surface area contributed by atoms with Crippen LogP contribution in [0.3, 0.4) is 0 Å². The molecular formula is C21H23ClN2O2S2. The van der Waals surface area contributed by atoms with Crippen LogP contribution in [-0.4, -0.2) is 46.5 Å². The standard InChI is InChI=1S/C21H23ClN2O2S2/c1-14-19(25)24(21(28-14)16-5-2-3-6-17(16)22)13-15-8-10-23(11-9-15)20(26)18-7-4-12-27-18/h2-7,12,14-15,21H,8-11,13H2,1H3. The average Bonchev–Trinajstić information content (AvgIpc) is 3.33. The maximum atomic E-state index is 12.8. The lowest BCUT2D eigenvalue weighted by molar-refractivity contribution is -0.130. The molecular weight excluding hydrogens is 412 g/mol. The lowest BCUT2D eigenvalue weighted by atomic mass is 9.95. The summed E-state index contributed by atoms with van der Waals surface area (Å²) in [5.41, 5.74) is 1.01. The first kappa shape index (κ1) is 19.8. The molecule has 7 heteroatoms. The first-order valence-corrected chi connectivity index (χ1v) is 11.8. The number of amides is 2. The van der Waals surface area contributed by atoms with E-state index in [0.717, 1.165) is 42.9 Å². The van der Waals surface area contributed by atoms with Crippen LogP contribution in [0.25, 0.3) is 0 Å². The molecule has 2 amide bonds. The zero-order valence-electron chi connectivity index (χ0n) is 15.7. The summed E-state index contributed by atoms with van der Waals surface area (Å²) in [5, 5.41) is 2.57. The highest BCUT2D eigenvalue weighted by Crippen LogP contribution is 2.45. The van der Waals surface area contributed by atoms with E-state index in [9.17, 15) is 9.59 Å². The molecule has 0 saturated carbocycles. The zero-order valence-corrected chi connectivity index (χ0v) is 18.1. The number of thioether (sulfide) groups is 1. The Labute approximate surface area is 178 Å². The lowest BCUT2D eigenvalue weighted by Crippen LogP contribution is -2.42. The highest BCUT2D eigenvalue weighted by molar-refractivity contribution is 8.01. The van der Waals surface area contributed by atoms with Crippen molar-refractivity contribution in [1.82, 2.24) is 9.80 Å². The van der Waals surface area contributed by atoms with Gasteiger partial charge in [-0.1, -0.05) is 35.9 Å². The molecule has 0 aliphatic carbocycles. The molecule has 0 spiro atoms. The fraction of sp³-hybridized carbons (Fsp3) is 0.429. The molecule has 1 aromatic heterocycles. The minimum Gasteiger partial charge on any atom is -0.338 e. The van der Waals surface area contributed by atoms with E-state index in [1.807, 2.05) is 58.5 Å². The van der Waals surface area contributed by atoms with Crippen molar-refractivity contribution < 1.29 is 9.59 Å². The van der Waals surface area contributed by atoms with Crippen LogP contribution >= 0.6 is 34.7 Å². The van der Waals surface area contributed by atoms with Crippen molar-refractivity contribution in [3.63, 3.8) is 0 Å². The molecule has 2 fully saturated rings. The van der Waals surface area contributed by atoms with Gasteiger partial charge in [0, 0.05) is 30.2 Å². The number of hydrogen-bond donors (Lipinski definition) is 0. The Hall–Kier alpha value is -1.50. The first-order chi connectivity index (χ1) is 13.5. The third kappa shape index (κ3) is 3.95. The minimum absolute atomic E-state index is 0.0259. The first-order valence-electron chi connectivity index (χ1n) is 9.57. The molecule has 2 atom stereocenters. The van der Waals surface area contributed by atoms with E-state index in [0.29, 0.717) is 10.9 Å². The van der Waals surface area contributed by atoms with Crippen LogP contribution in [0.2, 0.25) is 5.02 Å². The summed E-state index contributed by atoms with van der Waals surface area (Å²) in [6, 6.07) is 11.6. The Morgan fingerprint density at radius 1 is 1.18 bits per heavy atom. The van der Waals surface area contributed by atoms with Gasteiger partial charge < -0.3 is 9.80 Å². The summed E-state index contributed by atoms with van der Waals surface area (Å²) in [6.45, 7) is 4.21. The van der Waals surface area contributed by atoms with E-state index in [2.05, 4.69) is 0 Å². The van der Waals surface area contributed by atoms with Gasteiger partial charge in [0.1, 0.15) is 5.37 Å². The number of piperidine rings is 1. The molecule has 1 aromatic carbocycles. The maximum Gasteiger partial charge on any atom is 0.263 e. The van der Waals surface area contributed by atoms with Crippen LogP contribution in [0.1, 0.15) is 40.4 Å². The number of halogens is 1. The number of carbonyl (C=O) groups excluding carboxylic acids is 2. The molecule has 2 aliphatic heterocycles. The number of carbonyl (C=O) groups is 2. The van der Waals surface area contributed by atoms with Crippen molar-refractivity contribution in [1.29, 1.82) is 0 Å². The van der Waals surface area contributed by atoms with E-state index in [1.54, 1.807) is 11.8 Å². The van der Waals surface area contributed by atoms with Crippen molar-refractivity contribution >= 4 is 46.5 Å². The summed E-state index contributed by atoms with van der Waals surface area (Å²) in [6.07, 6.45) is 1.85. The zero-order chi connectivity index (χ0) is 19.7. The van der Waals surface area contributed by atoms with Gasteiger partial charge in [-0.3, -0.25) is 9.59 Å². The molecule has 0 N–H and O–H groups in total. The molecule has 2 aliphatic rings. The van der Waals surface area contributed by atoms with Gasteiger partial charge in [0.25, 0.3) is 5.91 Å². The Morgan fingerprint density at radius 3 is 2.61 bits per heavy atom. The topological polar surface area (TPSA) is 40.6 Å². The van der Waals surface area contributed by atoms with E-state index in [1.165, 1.54) is 11.3 Å². The Bertz CT molecular complexity index is 850. The van der Waals surface area contributed by atoms with Gasteiger partial charge in [-0.15, -0.1) is 23.1 Å². The van der Waals surface area contributed by atoms with Crippen molar-refractivity contribution in [2.24, 2.45) is 5.92 Å². The van der Waals surface area contributed by atoms with E-state index >= 15 is 0 Å². The van der Waals surface area contributed by atoms with Gasteiger partial charge in [0.2, 0.25) is 5.91 Å². The molecule has 2 unspecified atom stereocenters. The lowest BCUT2D eigenvalue weighted by Gasteiger charge is -2.35. The highest BCUT2D eigenvalue weighted by Gasteiger charge is 2.40. The third-order valence-electron chi connectivity index (χ3n) is 5.51. The molecule has 0 bridgehead atoms. The van der Waals surface area contributed by atoms with Crippen molar-refractivity contribution in [3.8, 4) is 0 Å². The van der Waals surface area contributed by atoms with E-state index < -0.39 is 0 Å². The predicted molar refractivity (Wildman–Crippen MR) is 116 cm³/mol. The van der Waals surface area contributed by atoms with Crippen molar-refractivity contribution in [2.75, 3.05) is 19.6 Å². The Balaban J connectivity index is 1.41. The Morgan fingerprint density at radius 2 is 1.93 bits per heavy atom. The summed E-state index contributed by atoms with van der Waals surface area (Å²) < 4.78 is 0. The maximum absolute atomic E-state index is 12.8. The second-order valence-corrected chi connectivity index (χ2v) is 10.1. The predicted octanol–water partition coefficient (Wildman–Crippen LogP) is 4.92. The minimum atomic E-state index is -0.0539. The largest absolute Gasteiger partial charge is 0.338 e. The highest BCUT2D eigenvalue weighted by atomic mass is 35.5. The second kappa shape index (κ2) is 8.47. The third-order valence-corrected chi connectivity index (χ3v) is 8.08. The number of hydrogen-bond acceptors (Lipinski definition) is 4. The summed E-state index contributed by atoms with van der Waals surface area (Å²) in [5.74, 6) is 0.725. The molecule has 2 aromatic rings. The second-order valence-electron chi connectivity index (χ2n) is 7.36. The number of rotatable bonds is 4. The molecule has 148 valence electrons. The van der Waals surface area contributed by atoms with Crippen LogP contribution < -0.4 is 0 Å². The van der Waals surface area contributed by atoms with Gasteiger partial charge >= 0.3 is 0 Å². The molecule has 2 saturated heterocycles. The van der Waals surface area contributed by atoms with Crippen LogP contribution in [-0.2, 0) is 4.79 Å². The molecule has 4 rings (SSSR count). The van der Waals surface area contributed by atoms with Crippen molar-refractivity contribution in [2.45, 2.75) is 30.4 Å². The summed E-state index contributed by atoms with van der Waals surface area (Å²) in [4.78, 5) is 30.1. The number of thiophene rings is 1. The number of benzene rings is 1. The number of nitrogens with zero attached hydrogens (tertiary/aromatic N) is 2. The molecule has 4 nitrogen and oxygen atoms in total. The van der Waals surface area contributed by atoms with E-state index in [-0.39, 0.29) is 22.4 Å². The fourth-order valence-corrected chi connectivity index (χ4v) is 6.25. The summed E-state index contributed by atoms with van der Waals surface area (Å²) >= 11 is 9.58. The van der Waals surface area contributed by atoms with Gasteiger partial charge in [-0.2, -0.15) is 0 Å². The van der Waals surface area contributed by atoms with Crippen LogP contribution in [0, 0.1) is 5.92 Å². The molecule has 0 radical (unpaired) electrons. The van der Waals surface area contributed by atoms with Gasteiger partial charge in [-0.05, 0) is 43.2 Å². The van der Waals surface area contributed by atoms with Crippen LogP contribution in [0.15, 0.2) is 41.8 Å². The van der Waals surface area contributed by atoms with Crippen molar-refractivity contribution in [3.05, 3.63) is 57.2 Å². The van der Waals surface area contributed by atoms with Crippen LogP contribution in [0.5, 0.6) is 0 Å². The van der Waals surface area contributed by atoms with Gasteiger partial charge in [-0.25, -0.2) is 0 Å². The number of likely N-dealkylation sites (tertiary alicyclic amines) is 1. The average molecular weight is 435 g/mol. The fourth-order valence-electron chi connectivity index (χ4n) is 3.93.